The third-order valence-corrected chi connectivity index (χ3v) is 5.76. The molecule has 0 amide bonds. The van der Waals surface area contributed by atoms with Gasteiger partial charge in [0.2, 0.25) is 0 Å². The molecule has 2 N–H and O–H groups in total. The molecule has 0 saturated heterocycles. The van der Waals surface area contributed by atoms with E-state index in [4.69, 9.17) is 18.9 Å². The summed E-state index contributed by atoms with van der Waals surface area (Å²) in [4.78, 5) is 20.2. The molecule has 35 heavy (non-hydrogen) atoms. The zero-order valence-corrected chi connectivity index (χ0v) is 20.0. The summed E-state index contributed by atoms with van der Waals surface area (Å²) in [6.07, 6.45) is 2.19. The van der Waals surface area contributed by atoms with E-state index in [1.54, 1.807) is 20.1 Å². The molecule has 0 spiro atoms. The number of rotatable bonds is 10. The van der Waals surface area contributed by atoms with Gasteiger partial charge in [-0.15, -0.1) is 0 Å². The van der Waals surface area contributed by atoms with Crippen molar-refractivity contribution >= 4 is 11.8 Å². The van der Waals surface area contributed by atoms with Gasteiger partial charge in [-0.2, -0.15) is 0 Å². The number of ether oxygens (including phenoxy) is 4. The molecular weight excluding hydrogens is 450 g/mol. The zero-order valence-electron chi connectivity index (χ0n) is 20.0. The molecule has 1 unspecified atom stereocenters. The molecule has 4 rings (SSSR count). The van der Waals surface area contributed by atoms with Crippen LogP contribution in [0, 0.1) is 0 Å². The van der Waals surface area contributed by atoms with Crippen LogP contribution in [0.5, 0.6) is 23.0 Å². The fraction of sp³-hybridized carbons (Fsp3) is 0.346. The molecule has 9 heteroatoms. The first-order chi connectivity index (χ1) is 17.0. The molecule has 0 radical (unpaired) electrons. The van der Waals surface area contributed by atoms with E-state index in [0.29, 0.717) is 61.4 Å². The Labute approximate surface area is 204 Å². The molecule has 184 valence electrons. The lowest BCUT2D eigenvalue weighted by atomic mass is 9.97. The SMILES string of the molecule is CCOc1cc(-c2cc(NCCc3cc4c(cc3OC)OCCO4)ncn2)ccc1C(C)C(=O)O. The lowest BCUT2D eigenvalue weighted by molar-refractivity contribution is -0.138. The van der Waals surface area contributed by atoms with E-state index < -0.39 is 11.9 Å². The number of carboxylic acids is 1. The monoisotopic (exact) mass is 479 g/mol. The van der Waals surface area contributed by atoms with Gasteiger partial charge in [0.1, 0.15) is 36.9 Å². The average Bonchev–Trinajstić information content (AvgIpc) is 2.88. The molecule has 0 fully saturated rings. The summed E-state index contributed by atoms with van der Waals surface area (Å²) in [7, 11) is 1.64. The van der Waals surface area contributed by atoms with Crippen LogP contribution in [0.1, 0.15) is 30.9 Å². The molecule has 2 heterocycles. The minimum absolute atomic E-state index is 0.433. The predicted molar refractivity (Wildman–Crippen MR) is 131 cm³/mol. The molecule has 1 aliphatic rings. The lowest BCUT2D eigenvalue weighted by Crippen LogP contribution is -2.16. The van der Waals surface area contributed by atoms with Crippen molar-refractivity contribution in [3.05, 3.63) is 53.9 Å². The number of nitrogens with one attached hydrogen (secondary N) is 1. The molecule has 1 aromatic heterocycles. The van der Waals surface area contributed by atoms with E-state index in [0.717, 1.165) is 22.6 Å². The minimum atomic E-state index is -0.901. The van der Waals surface area contributed by atoms with Crippen LogP contribution in [0.2, 0.25) is 0 Å². The number of nitrogens with zero attached hydrogens (tertiary/aromatic N) is 2. The van der Waals surface area contributed by atoms with Gasteiger partial charge in [0, 0.05) is 29.8 Å². The van der Waals surface area contributed by atoms with Crippen LogP contribution in [0.25, 0.3) is 11.3 Å². The number of methoxy groups -OCH3 is 1. The fourth-order valence-corrected chi connectivity index (χ4v) is 3.90. The summed E-state index contributed by atoms with van der Waals surface area (Å²) < 4.78 is 22.6. The summed E-state index contributed by atoms with van der Waals surface area (Å²) in [5, 5.41) is 12.7. The summed E-state index contributed by atoms with van der Waals surface area (Å²) in [5.41, 5.74) is 3.15. The third-order valence-electron chi connectivity index (χ3n) is 5.76. The first kappa shape index (κ1) is 24.1. The number of carbonyl (C=O) groups is 1. The number of benzene rings is 2. The minimum Gasteiger partial charge on any atom is -0.496 e. The van der Waals surface area contributed by atoms with Crippen molar-refractivity contribution < 1.29 is 28.8 Å². The molecule has 2 aromatic carbocycles. The highest BCUT2D eigenvalue weighted by atomic mass is 16.6. The van der Waals surface area contributed by atoms with Crippen LogP contribution in [-0.4, -0.2) is 54.5 Å². The Morgan fingerprint density at radius 1 is 1.11 bits per heavy atom. The summed E-state index contributed by atoms with van der Waals surface area (Å²) in [6, 6.07) is 11.1. The average molecular weight is 480 g/mol. The Balaban J connectivity index is 1.48. The number of aromatic nitrogens is 2. The Hall–Kier alpha value is -4.01. The molecule has 3 aromatic rings. The predicted octanol–water partition coefficient (Wildman–Crippen LogP) is 4.16. The molecule has 0 bridgehead atoms. The molecular formula is C26H29N3O6. The first-order valence-corrected chi connectivity index (χ1v) is 11.5. The number of aliphatic carboxylic acids is 1. The highest BCUT2D eigenvalue weighted by Gasteiger charge is 2.20. The number of hydrogen-bond acceptors (Lipinski definition) is 8. The summed E-state index contributed by atoms with van der Waals surface area (Å²) in [5.74, 6) is 1.81. The van der Waals surface area contributed by atoms with Crippen molar-refractivity contribution in [3.8, 4) is 34.3 Å². The highest BCUT2D eigenvalue weighted by Crippen LogP contribution is 2.37. The van der Waals surface area contributed by atoms with Crippen molar-refractivity contribution in [3.63, 3.8) is 0 Å². The van der Waals surface area contributed by atoms with E-state index in [9.17, 15) is 9.90 Å². The van der Waals surface area contributed by atoms with Gasteiger partial charge in [0.15, 0.2) is 11.5 Å². The maximum Gasteiger partial charge on any atom is 0.310 e. The van der Waals surface area contributed by atoms with Crippen molar-refractivity contribution in [1.29, 1.82) is 0 Å². The van der Waals surface area contributed by atoms with Crippen molar-refractivity contribution in [2.75, 3.05) is 38.8 Å². The van der Waals surface area contributed by atoms with E-state index in [1.807, 2.05) is 37.3 Å². The first-order valence-electron chi connectivity index (χ1n) is 11.5. The van der Waals surface area contributed by atoms with Gasteiger partial charge < -0.3 is 29.4 Å². The van der Waals surface area contributed by atoms with E-state index in [2.05, 4.69) is 15.3 Å². The van der Waals surface area contributed by atoms with Crippen LogP contribution in [0.3, 0.4) is 0 Å². The maximum atomic E-state index is 11.5. The Morgan fingerprint density at radius 2 is 1.89 bits per heavy atom. The van der Waals surface area contributed by atoms with E-state index in [-0.39, 0.29) is 0 Å². The van der Waals surface area contributed by atoms with E-state index >= 15 is 0 Å². The molecule has 0 aliphatic carbocycles. The third kappa shape index (κ3) is 5.56. The second-order valence-electron chi connectivity index (χ2n) is 8.02. The Kier molecular flexibility index (Phi) is 7.54. The van der Waals surface area contributed by atoms with Gasteiger partial charge in [-0.1, -0.05) is 12.1 Å². The maximum absolute atomic E-state index is 11.5. The van der Waals surface area contributed by atoms with Gasteiger partial charge in [0.05, 0.1) is 25.3 Å². The van der Waals surface area contributed by atoms with E-state index in [1.165, 1.54) is 6.33 Å². The fourth-order valence-electron chi connectivity index (χ4n) is 3.90. The largest absolute Gasteiger partial charge is 0.496 e. The molecule has 1 atom stereocenters. The number of fused-ring (bicyclic) bond motifs is 1. The number of hydrogen-bond donors (Lipinski definition) is 2. The van der Waals surface area contributed by atoms with Crippen molar-refractivity contribution in [1.82, 2.24) is 9.97 Å². The highest BCUT2D eigenvalue weighted by molar-refractivity contribution is 5.77. The Bertz CT molecular complexity index is 1200. The molecule has 1 aliphatic heterocycles. The zero-order chi connectivity index (χ0) is 24.8. The number of anilines is 1. The van der Waals surface area contributed by atoms with Crippen LogP contribution in [0.15, 0.2) is 42.7 Å². The second-order valence-corrected chi connectivity index (χ2v) is 8.02. The number of carboxylic acid groups (broad SMARTS) is 1. The lowest BCUT2D eigenvalue weighted by Gasteiger charge is -2.20. The van der Waals surface area contributed by atoms with Crippen LogP contribution < -0.4 is 24.3 Å². The van der Waals surface area contributed by atoms with Crippen LogP contribution in [-0.2, 0) is 11.2 Å². The van der Waals surface area contributed by atoms with Crippen LogP contribution in [0.4, 0.5) is 5.82 Å². The second kappa shape index (κ2) is 10.9. The quantitative estimate of drug-likeness (QED) is 0.442. The summed E-state index contributed by atoms with van der Waals surface area (Å²) >= 11 is 0. The van der Waals surface area contributed by atoms with Gasteiger partial charge in [0.25, 0.3) is 0 Å². The standard InChI is InChI=1S/C26H29N3O6/c1-4-33-22-11-17(5-6-19(22)16(2)26(30)31)20-13-25(29-15-28-20)27-8-7-18-12-23-24(14-21(18)32-3)35-10-9-34-23/h5-6,11-16H,4,7-10H2,1-3H3,(H,30,31)(H,27,28,29). The van der Waals surface area contributed by atoms with Gasteiger partial charge in [-0.3, -0.25) is 4.79 Å². The normalized spacial score (nSPS) is 13.1. The Morgan fingerprint density at radius 3 is 2.60 bits per heavy atom. The van der Waals surface area contributed by atoms with Gasteiger partial charge in [-0.25, -0.2) is 9.97 Å². The smallest absolute Gasteiger partial charge is 0.310 e. The van der Waals surface area contributed by atoms with Crippen molar-refractivity contribution in [2.24, 2.45) is 0 Å². The molecule has 9 nitrogen and oxygen atoms in total. The van der Waals surface area contributed by atoms with Gasteiger partial charge >= 0.3 is 5.97 Å². The summed E-state index contributed by atoms with van der Waals surface area (Å²) in [6.45, 7) is 5.62. The molecule has 0 saturated carbocycles. The van der Waals surface area contributed by atoms with Crippen LogP contribution >= 0.6 is 0 Å². The van der Waals surface area contributed by atoms with Gasteiger partial charge in [-0.05, 0) is 38.0 Å². The van der Waals surface area contributed by atoms with Crippen molar-refractivity contribution in [2.45, 2.75) is 26.2 Å². The topological polar surface area (TPSA) is 112 Å².